The van der Waals surface area contributed by atoms with Crippen LogP contribution >= 0.6 is 0 Å². The molecule has 0 spiro atoms. The van der Waals surface area contributed by atoms with Crippen LogP contribution in [0.4, 0.5) is 0 Å². The van der Waals surface area contributed by atoms with Gasteiger partial charge >= 0.3 is 0 Å². The Morgan fingerprint density at radius 3 is 2.06 bits per heavy atom. The second kappa shape index (κ2) is 11.0. The number of aromatic amines is 1. The van der Waals surface area contributed by atoms with E-state index in [-0.39, 0.29) is 12.1 Å². The molecule has 35 heavy (non-hydrogen) atoms. The van der Waals surface area contributed by atoms with Crippen molar-refractivity contribution in [1.29, 1.82) is 0 Å². The summed E-state index contributed by atoms with van der Waals surface area (Å²) in [6.45, 7) is 5.34. The van der Waals surface area contributed by atoms with E-state index in [0.29, 0.717) is 5.92 Å². The molecule has 4 aromatic rings. The number of H-pyrrole nitrogens is 1. The number of hydrogen-bond acceptors (Lipinski definition) is 4. The number of aryl methyl sites for hydroxylation is 3. The van der Waals surface area contributed by atoms with Crippen LogP contribution < -0.4 is 0 Å². The summed E-state index contributed by atoms with van der Waals surface area (Å²) in [5, 5.41) is 0. The quantitative estimate of drug-likeness (QED) is 0.337. The van der Waals surface area contributed by atoms with Gasteiger partial charge in [0.25, 0.3) is 0 Å². The van der Waals surface area contributed by atoms with Crippen molar-refractivity contribution in [2.24, 2.45) is 5.92 Å². The average Bonchev–Trinajstić information content (AvgIpc) is 3.41. The molecule has 5 rings (SSSR count). The Morgan fingerprint density at radius 1 is 0.829 bits per heavy atom. The molecule has 4 heterocycles. The monoisotopic (exact) mass is 465 g/mol. The molecule has 0 saturated carbocycles. The number of pyridine rings is 2. The summed E-state index contributed by atoms with van der Waals surface area (Å²) in [6.07, 6.45) is 13.1. The van der Waals surface area contributed by atoms with Crippen LogP contribution in [0.3, 0.4) is 0 Å². The zero-order chi connectivity index (χ0) is 24.0. The fourth-order valence-corrected chi connectivity index (χ4v) is 5.68. The maximum Gasteiger partial charge on any atom is 0.0921 e. The predicted octanol–water partition coefficient (Wildman–Crippen LogP) is 6.19. The van der Waals surface area contributed by atoms with Crippen LogP contribution in [0, 0.1) is 19.8 Å². The topological polar surface area (TPSA) is 57.7 Å². The van der Waals surface area contributed by atoms with Crippen molar-refractivity contribution in [2.45, 2.75) is 58.0 Å². The van der Waals surface area contributed by atoms with E-state index in [4.69, 9.17) is 9.97 Å². The summed E-state index contributed by atoms with van der Waals surface area (Å²) >= 11 is 0. The van der Waals surface area contributed by atoms with Crippen molar-refractivity contribution in [1.82, 2.24) is 24.8 Å². The third-order valence-electron chi connectivity index (χ3n) is 7.52. The van der Waals surface area contributed by atoms with Gasteiger partial charge in [0.15, 0.2) is 0 Å². The van der Waals surface area contributed by atoms with Crippen molar-refractivity contribution < 1.29 is 0 Å². The van der Waals surface area contributed by atoms with Gasteiger partial charge in [-0.1, -0.05) is 42.5 Å². The fraction of sp³-hybridized carbons (Fsp3) is 0.367. The Kier molecular flexibility index (Phi) is 7.34. The standard InChI is InChI=1S/C30H35N5/c1-22-8-6-15-32-29(22)27-18-25(13-12-24-10-4-3-5-11-24)19-28(30-23(2)9-7-16-33-30)35(27)17-14-26-20-31-21-34-26/h3-11,15-16,20-21,25,27-28H,12-14,17-19H2,1-2H3,(H,31,34)/t25?,27-,28+. The lowest BCUT2D eigenvalue weighted by Gasteiger charge is -2.46. The maximum atomic E-state index is 4.92. The van der Waals surface area contributed by atoms with Crippen LogP contribution in [-0.2, 0) is 12.8 Å². The first-order chi connectivity index (χ1) is 17.2. The molecule has 1 aromatic carbocycles. The zero-order valence-electron chi connectivity index (χ0n) is 20.8. The summed E-state index contributed by atoms with van der Waals surface area (Å²) in [7, 11) is 0. The molecular formula is C30H35N5. The number of rotatable bonds is 8. The van der Waals surface area contributed by atoms with Gasteiger partial charge in [0.05, 0.1) is 29.8 Å². The summed E-state index contributed by atoms with van der Waals surface area (Å²) in [4.78, 5) is 20.0. The highest BCUT2D eigenvalue weighted by Crippen LogP contribution is 2.46. The Bertz CT molecular complexity index is 1150. The van der Waals surface area contributed by atoms with E-state index in [0.717, 1.165) is 32.2 Å². The Labute approximate surface area is 208 Å². The molecule has 1 aliphatic rings. The number of piperidine rings is 1. The third kappa shape index (κ3) is 5.51. The van der Waals surface area contributed by atoms with Crippen LogP contribution in [0.2, 0.25) is 0 Å². The SMILES string of the molecule is Cc1cccnc1[C@H]1CC(CCc2ccccc2)C[C@@H](c2ncccc2C)N1CCc1cnc[nH]1. The highest BCUT2D eigenvalue weighted by Gasteiger charge is 2.39. The van der Waals surface area contributed by atoms with Crippen LogP contribution in [0.25, 0.3) is 0 Å². The van der Waals surface area contributed by atoms with Crippen molar-refractivity contribution in [2.75, 3.05) is 6.54 Å². The largest absolute Gasteiger partial charge is 0.348 e. The van der Waals surface area contributed by atoms with Crippen LogP contribution in [-0.4, -0.2) is 31.4 Å². The number of likely N-dealkylation sites (tertiary alicyclic amines) is 1. The van der Waals surface area contributed by atoms with E-state index >= 15 is 0 Å². The van der Waals surface area contributed by atoms with E-state index in [2.05, 4.69) is 71.2 Å². The molecule has 1 N–H and O–H groups in total. The normalized spacial score (nSPS) is 20.7. The smallest absolute Gasteiger partial charge is 0.0921 e. The highest BCUT2D eigenvalue weighted by molar-refractivity contribution is 5.26. The van der Waals surface area contributed by atoms with Crippen molar-refractivity contribution >= 4 is 0 Å². The lowest BCUT2D eigenvalue weighted by atomic mass is 9.79. The Morgan fingerprint density at radius 2 is 1.49 bits per heavy atom. The molecule has 1 aliphatic heterocycles. The minimum Gasteiger partial charge on any atom is -0.348 e. The first kappa shape index (κ1) is 23.4. The Hall–Kier alpha value is -3.31. The van der Waals surface area contributed by atoms with Gasteiger partial charge in [-0.2, -0.15) is 0 Å². The number of imidazole rings is 1. The van der Waals surface area contributed by atoms with Crippen molar-refractivity contribution in [3.8, 4) is 0 Å². The third-order valence-corrected chi connectivity index (χ3v) is 7.52. The number of hydrogen-bond donors (Lipinski definition) is 1. The summed E-state index contributed by atoms with van der Waals surface area (Å²) in [6, 6.07) is 19.9. The molecule has 3 aromatic heterocycles. The molecule has 0 amide bonds. The van der Waals surface area contributed by atoms with Gasteiger partial charge in [-0.15, -0.1) is 0 Å². The molecule has 1 fully saturated rings. The van der Waals surface area contributed by atoms with E-state index in [1.54, 1.807) is 6.33 Å². The van der Waals surface area contributed by atoms with E-state index in [1.807, 2.05) is 30.7 Å². The van der Waals surface area contributed by atoms with E-state index in [9.17, 15) is 0 Å². The van der Waals surface area contributed by atoms with Gasteiger partial charge in [-0.3, -0.25) is 14.9 Å². The minimum absolute atomic E-state index is 0.264. The molecule has 0 radical (unpaired) electrons. The molecule has 5 nitrogen and oxygen atoms in total. The van der Waals surface area contributed by atoms with Gasteiger partial charge in [-0.05, 0) is 74.3 Å². The zero-order valence-corrected chi connectivity index (χ0v) is 20.8. The Balaban J connectivity index is 1.49. The lowest BCUT2D eigenvalue weighted by molar-refractivity contribution is 0.0428. The van der Waals surface area contributed by atoms with Gasteiger partial charge in [0.2, 0.25) is 0 Å². The molecule has 0 aliphatic carbocycles. The minimum atomic E-state index is 0.264. The molecule has 180 valence electrons. The number of nitrogens with zero attached hydrogens (tertiary/aromatic N) is 4. The van der Waals surface area contributed by atoms with Crippen LogP contribution in [0.1, 0.15) is 65.1 Å². The lowest BCUT2D eigenvalue weighted by Crippen LogP contribution is -2.42. The molecule has 1 saturated heterocycles. The van der Waals surface area contributed by atoms with E-state index < -0.39 is 0 Å². The average molecular weight is 466 g/mol. The molecular weight excluding hydrogens is 430 g/mol. The first-order valence-corrected chi connectivity index (χ1v) is 12.8. The molecule has 5 heteroatoms. The fourth-order valence-electron chi connectivity index (χ4n) is 5.68. The second-order valence-electron chi connectivity index (χ2n) is 9.87. The summed E-state index contributed by atoms with van der Waals surface area (Å²) < 4.78 is 0. The van der Waals surface area contributed by atoms with Crippen molar-refractivity contribution in [3.63, 3.8) is 0 Å². The molecule has 3 atom stereocenters. The van der Waals surface area contributed by atoms with Crippen molar-refractivity contribution in [3.05, 3.63) is 113 Å². The number of aromatic nitrogens is 4. The number of nitrogens with one attached hydrogen (secondary N) is 1. The number of benzene rings is 1. The highest BCUT2D eigenvalue weighted by atomic mass is 15.2. The summed E-state index contributed by atoms with van der Waals surface area (Å²) in [5.74, 6) is 0.608. The maximum absolute atomic E-state index is 4.92. The summed E-state index contributed by atoms with van der Waals surface area (Å²) in [5.41, 5.74) is 7.54. The van der Waals surface area contributed by atoms with Crippen LogP contribution in [0.15, 0.2) is 79.5 Å². The van der Waals surface area contributed by atoms with Crippen LogP contribution in [0.5, 0.6) is 0 Å². The predicted molar refractivity (Wildman–Crippen MR) is 140 cm³/mol. The van der Waals surface area contributed by atoms with Gasteiger partial charge < -0.3 is 4.98 Å². The van der Waals surface area contributed by atoms with E-state index in [1.165, 1.54) is 40.2 Å². The second-order valence-corrected chi connectivity index (χ2v) is 9.87. The first-order valence-electron chi connectivity index (χ1n) is 12.8. The van der Waals surface area contributed by atoms with Gasteiger partial charge in [-0.25, -0.2) is 4.98 Å². The van der Waals surface area contributed by atoms with Gasteiger partial charge in [0, 0.05) is 37.3 Å². The molecule has 1 unspecified atom stereocenters. The van der Waals surface area contributed by atoms with Gasteiger partial charge in [0.1, 0.15) is 0 Å². The molecule has 0 bridgehead atoms.